The maximum absolute atomic E-state index is 12.5. The second kappa shape index (κ2) is 5.38. The van der Waals surface area contributed by atoms with E-state index < -0.39 is 15.8 Å². The van der Waals surface area contributed by atoms with E-state index >= 15 is 0 Å². The van der Waals surface area contributed by atoms with Crippen LogP contribution in [-0.4, -0.2) is 43.6 Å². The van der Waals surface area contributed by atoms with Crippen molar-refractivity contribution in [2.24, 2.45) is 5.92 Å². The first-order chi connectivity index (χ1) is 9.97. The number of piperidine rings is 1. The van der Waals surface area contributed by atoms with Crippen molar-refractivity contribution in [3.63, 3.8) is 0 Å². The van der Waals surface area contributed by atoms with E-state index in [0.717, 1.165) is 11.1 Å². The Kier molecular flexibility index (Phi) is 3.71. The van der Waals surface area contributed by atoms with Gasteiger partial charge in [-0.25, -0.2) is 13.4 Å². The molecule has 5 nitrogen and oxygen atoms in total. The summed E-state index contributed by atoms with van der Waals surface area (Å²) in [6, 6.07) is 7.34. The number of carbonyl (C=O) groups is 1. The maximum atomic E-state index is 12.5. The first-order valence-corrected chi connectivity index (χ1v) is 9.27. The smallest absolute Gasteiger partial charge is 0.226 e. The fourth-order valence-electron chi connectivity index (χ4n) is 2.60. The minimum atomic E-state index is -3.52. The molecule has 0 radical (unpaired) electrons. The number of rotatable bonds is 3. The molecule has 1 atom stereocenters. The summed E-state index contributed by atoms with van der Waals surface area (Å²) >= 11 is 1.17. The average molecular weight is 324 g/mol. The van der Waals surface area contributed by atoms with Crippen LogP contribution in [0.2, 0.25) is 0 Å². The third-order valence-electron chi connectivity index (χ3n) is 3.73. The third kappa shape index (κ3) is 2.80. The summed E-state index contributed by atoms with van der Waals surface area (Å²) in [7, 11) is -1.80. The normalized spacial score (nSPS) is 20.1. The zero-order chi connectivity index (χ0) is 15.0. The van der Waals surface area contributed by atoms with Gasteiger partial charge in [0.1, 0.15) is 0 Å². The van der Waals surface area contributed by atoms with Crippen molar-refractivity contribution in [3.8, 4) is 0 Å². The Hall–Kier alpha value is -1.47. The van der Waals surface area contributed by atoms with E-state index in [2.05, 4.69) is 4.98 Å². The highest BCUT2D eigenvalue weighted by molar-refractivity contribution is 7.93. The standard InChI is InChI=1S/C14H16N2O3S2/c1-16-8-4-5-10(13(16)17)9-21(18,19)14-15-11-6-2-3-7-12(11)20-14/h2-3,6-7,10H,4-5,8-9H2,1H3. The Morgan fingerprint density at radius 2 is 2.14 bits per heavy atom. The van der Waals surface area contributed by atoms with Gasteiger partial charge in [0.05, 0.1) is 21.9 Å². The zero-order valence-electron chi connectivity index (χ0n) is 11.7. The first-order valence-electron chi connectivity index (χ1n) is 6.81. The number of fused-ring (bicyclic) bond motifs is 1. The molecule has 0 saturated carbocycles. The SMILES string of the molecule is CN1CCCC(CS(=O)(=O)c2nc3ccccc3s2)C1=O. The van der Waals surface area contributed by atoms with Gasteiger partial charge in [-0.1, -0.05) is 12.1 Å². The first kappa shape index (κ1) is 14.5. The number of likely N-dealkylation sites (tertiary alicyclic amines) is 1. The predicted molar refractivity (Wildman–Crippen MR) is 82.0 cm³/mol. The van der Waals surface area contributed by atoms with Gasteiger partial charge < -0.3 is 4.90 Å². The molecule has 0 N–H and O–H groups in total. The monoisotopic (exact) mass is 324 g/mol. The molecule has 1 amide bonds. The van der Waals surface area contributed by atoms with Crippen molar-refractivity contribution in [3.05, 3.63) is 24.3 Å². The van der Waals surface area contributed by atoms with Gasteiger partial charge >= 0.3 is 0 Å². The van der Waals surface area contributed by atoms with Crippen molar-refractivity contribution < 1.29 is 13.2 Å². The van der Waals surface area contributed by atoms with Gasteiger partial charge in [-0.15, -0.1) is 11.3 Å². The highest BCUT2D eigenvalue weighted by Gasteiger charge is 2.32. The van der Waals surface area contributed by atoms with Crippen LogP contribution in [0.1, 0.15) is 12.8 Å². The second-order valence-corrected chi connectivity index (χ2v) is 8.57. The number of nitrogens with zero attached hydrogens (tertiary/aromatic N) is 2. The highest BCUT2D eigenvalue weighted by Crippen LogP contribution is 2.28. The number of aromatic nitrogens is 1. The molecule has 1 unspecified atom stereocenters. The number of sulfone groups is 1. The van der Waals surface area contributed by atoms with Crippen LogP contribution in [0.3, 0.4) is 0 Å². The van der Waals surface area contributed by atoms with Crippen molar-refractivity contribution >= 4 is 37.3 Å². The number of hydrogen-bond donors (Lipinski definition) is 0. The Morgan fingerprint density at radius 1 is 1.38 bits per heavy atom. The molecule has 0 aliphatic carbocycles. The number of amides is 1. The van der Waals surface area contributed by atoms with Gasteiger partial charge in [-0.05, 0) is 25.0 Å². The summed E-state index contributed by atoms with van der Waals surface area (Å²) in [6.07, 6.45) is 1.48. The minimum absolute atomic E-state index is 0.0778. The number of para-hydroxylation sites is 1. The minimum Gasteiger partial charge on any atom is -0.345 e. The Bertz CT molecular complexity index is 749. The van der Waals surface area contributed by atoms with Crippen LogP contribution in [0.4, 0.5) is 0 Å². The zero-order valence-corrected chi connectivity index (χ0v) is 13.3. The molecule has 0 bridgehead atoms. The molecule has 112 valence electrons. The largest absolute Gasteiger partial charge is 0.345 e. The molecule has 1 aliphatic rings. The molecular weight excluding hydrogens is 308 g/mol. The molecular formula is C14H16N2O3S2. The lowest BCUT2D eigenvalue weighted by molar-refractivity contribution is -0.135. The van der Waals surface area contributed by atoms with Gasteiger partial charge in [0.15, 0.2) is 0 Å². The maximum Gasteiger partial charge on any atom is 0.226 e. The summed E-state index contributed by atoms with van der Waals surface area (Å²) in [5, 5.41) is 0. The lowest BCUT2D eigenvalue weighted by Gasteiger charge is -2.28. The van der Waals surface area contributed by atoms with Gasteiger partial charge in [0.2, 0.25) is 20.1 Å². The van der Waals surface area contributed by atoms with Crippen LogP contribution in [0, 0.1) is 5.92 Å². The summed E-state index contributed by atoms with van der Waals surface area (Å²) in [6.45, 7) is 0.705. The van der Waals surface area contributed by atoms with Crippen LogP contribution >= 0.6 is 11.3 Å². The van der Waals surface area contributed by atoms with Crippen molar-refractivity contribution in [2.45, 2.75) is 17.2 Å². The lowest BCUT2D eigenvalue weighted by atomic mass is 10.00. The van der Waals surface area contributed by atoms with Crippen LogP contribution in [0.5, 0.6) is 0 Å². The van der Waals surface area contributed by atoms with E-state index in [0.29, 0.717) is 18.5 Å². The fraction of sp³-hybridized carbons (Fsp3) is 0.429. The Balaban J connectivity index is 1.88. The fourth-order valence-corrected chi connectivity index (χ4v) is 5.49. The van der Waals surface area contributed by atoms with E-state index in [4.69, 9.17) is 0 Å². The molecule has 1 aromatic heterocycles. The van der Waals surface area contributed by atoms with Crippen LogP contribution in [0.25, 0.3) is 10.2 Å². The van der Waals surface area contributed by atoms with Gasteiger partial charge in [0.25, 0.3) is 0 Å². The summed E-state index contributed by atoms with van der Waals surface area (Å²) < 4.78 is 26.0. The molecule has 1 aromatic carbocycles. The van der Waals surface area contributed by atoms with Gasteiger partial charge in [0, 0.05) is 13.6 Å². The van der Waals surface area contributed by atoms with Crippen molar-refractivity contribution in [1.29, 1.82) is 0 Å². The van der Waals surface area contributed by atoms with E-state index in [1.54, 1.807) is 18.0 Å². The quantitative estimate of drug-likeness (QED) is 0.865. The van der Waals surface area contributed by atoms with Crippen LogP contribution < -0.4 is 0 Å². The molecule has 2 aromatic rings. The molecule has 3 rings (SSSR count). The molecule has 1 fully saturated rings. The predicted octanol–water partition coefficient (Wildman–Crippen LogP) is 1.94. The van der Waals surface area contributed by atoms with Gasteiger partial charge in [-0.2, -0.15) is 0 Å². The average Bonchev–Trinajstić information content (AvgIpc) is 2.88. The molecule has 1 aliphatic heterocycles. The molecule has 0 spiro atoms. The van der Waals surface area contributed by atoms with Crippen molar-refractivity contribution in [1.82, 2.24) is 9.88 Å². The van der Waals surface area contributed by atoms with E-state index in [1.165, 1.54) is 11.3 Å². The summed E-state index contributed by atoms with van der Waals surface area (Å²) in [5.74, 6) is -0.664. The van der Waals surface area contributed by atoms with E-state index in [1.807, 2.05) is 18.2 Å². The molecule has 21 heavy (non-hydrogen) atoms. The topological polar surface area (TPSA) is 67.3 Å². The number of hydrogen-bond acceptors (Lipinski definition) is 5. The van der Waals surface area contributed by atoms with Crippen LogP contribution in [0.15, 0.2) is 28.6 Å². The van der Waals surface area contributed by atoms with E-state index in [-0.39, 0.29) is 16.0 Å². The lowest BCUT2D eigenvalue weighted by Crippen LogP contribution is -2.41. The second-order valence-electron chi connectivity index (χ2n) is 5.33. The van der Waals surface area contributed by atoms with Crippen LogP contribution in [-0.2, 0) is 14.6 Å². The summed E-state index contributed by atoms with van der Waals surface area (Å²) in [5.41, 5.74) is 0.688. The highest BCUT2D eigenvalue weighted by atomic mass is 32.2. The van der Waals surface area contributed by atoms with Gasteiger partial charge in [-0.3, -0.25) is 4.79 Å². The molecule has 7 heteroatoms. The third-order valence-corrected chi connectivity index (χ3v) is 7.04. The number of carbonyl (C=O) groups excluding carboxylic acids is 1. The number of thiazole rings is 1. The summed E-state index contributed by atoms with van der Waals surface area (Å²) in [4.78, 5) is 17.9. The van der Waals surface area contributed by atoms with Crippen molar-refractivity contribution in [2.75, 3.05) is 19.3 Å². The Morgan fingerprint density at radius 3 is 2.90 bits per heavy atom. The molecule has 2 heterocycles. The number of benzene rings is 1. The Labute approximate surface area is 127 Å². The van der Waals surface area contributed by atoms with E-state index in [9.17, 15) is 13.2 Å². The molecule has 1 saturated heterocycles.